The monoisotopic (exact) mass is 355 g/mol. The summed E-state index contributed by atoms with van der Waals surface area (Å²) in [7, 11) is 0. The third-order valence-electron chi connectivity index (χ3n) is 6.60. The van der Waals surface area contributed by atoms with Crippen LogP contribution in [0, 0.1) is 5.92 Å². The first kappa shape index (κ1) is 16.7. The predicted octanol–water partition coefficient (Wildman–Crippen LogP) is 1.85. The first-order chi connectivity index (χ1) is 12.8. The molecule has 140 valence electrons. The maximum atomic E-state index is 12.7. The van der Waals surface area contributed by atoms with Gasteiger partial charge in [-0.15, -0.1) is 0 Å². The van der Waals surface area contributed by atoms with Gasteiger partial charge < -0.3 is 10.1 Å². The summed E-state index contributed by atoms with van der Waals surface area (Å²) >= 11 is 0. The van der Waals surface area contributed by atoms with E-state index in [4.69, 9.17) is 4.74 Å². The van der Waals surface area contributed by atoms with E-state index in [1.54, 1.807) is 0 Å². The molecule has 0 unspecified atom stereocenters. The highest BCUT2D eigenvalue weighted by molar-refractivity contribution is 5.82. The van der Waals surface area contributed by atoms with Crippen LogP contribution in [0.25, 0.3) is 0 Å². The van der Waals surface area contributed by atoms with E-state index in [1.165, 1.54) is 18.4 Å². The summed E-state index contributed by atoms with van der Waals surface area (Å²) in [5.74, 6) is 0.968. The predicted molar refractivity (Wildman–Crippen MR) is 99.7 cm³/mol. The molecule has 1 aromatic rings. The van der Waals surface area contributed by atoms with Gasteiger partial charge in [0.15, 0.2) is 0 Å². The fraction of sp³-hybridized carbons (Fsp3) is 0.667. The average molecular weight is 355 g/mol. The highest BCUT2D eigenvalue weighted by Gasteiger charge is 2.43. The third-order valence-corrected chi connectivity index (χ3v) is 6.60. The van der Waals surface area contributed by atoms with Crippen molar-refractivity contribution in [3.8, 4) is 0 Å². The minimum absolute atomic E-state index is 0.0618. The van der Waals surface area contributed by atoms with Crippen molar-refractivity contribution in [1.29, 1.82) is 0 Å². The Morgan fingerprint density at radius 1 is 1.12 bits per heavy atom. The molecule has 1 amide bonds. The third kappa shape index (κ3) is 3.40. The molecule has 0 radical (unpaired) electrons. The fourth-order valence-electron chi connectivity index (χ4n) is 4.96. The molecule has 4 fully saturated rings. The Balaban J connectivity index is 1.13. The standard InChI is InChI=1S/C21H29N3O2/c25-21(19-9-8-18(23-19)14-4-2-1-3-5-14)22-16-10-17-13-26-20(15-6-7-15)12-24(17)11-16/h1-5,15-20,23H,6-13H2,(H,22,25)/t16-,17-,18+,19+,20-/m0/s1. The zero-order valence-corrected chi connectivity index (χ0v) is 15.3. The van der Waals surface area contributed by atoms with Crippen LogP contribution in [-0.4, -0.2) is 54.7 Å². The molecule has 3 saturated heterocycles. The lowest BCUT2D eigenvalue weighted by Gasteiger charge is -2.35. The normalized spacial score (nSPS) is 37.5. The summed E-state index contributed by atoms with van der Waals surface area (Å²) in [6.45, 7) is 2.88. The minimum Gasteiger partial charge on any atom is -0.375 e. The van der Waals surface area contributed by atoms with Crippen LogP contribution >= 0.6 is 0 Å². The van der Waals surface area contributed by atoms with Crippen LogP contribution in [0.2, 0.25) is 0 Å². The Morgan fingerprint density at radius 2 is 1.96 bits per heavy atom. The molecule has 5 rings (SSSR count). The number of benzene rings is 1. The number of fused-ring (bicyclic) bond motifs is 1. The molecule has 1 saturated carbocycles. The molecular weight excluding hydrogens is 326 g/mol. The molecular formula is C21H29N3O2. The van der Waals surface area contributed by atoms with Gasteiger partial charge in [0.05, 0.1) is 18.8 Å². The van der Waals surface area contributed by atoms with E-state index in [1.807, 2.05) is 6.07 Å². The van der Waals surface area contributed by atoms with Crippen molar-refractivity contribution >= 4 is 5.91 Å². The highest BCUT2D eigenvalue weighted by Crippen LogP contribution is 2.38. The summed E-state index contributed by atoms with van der Waals surface area (Å²) in [6, 6.07) is 11.5. The lowest BCUT2D eigenvalue weighted by atomic mass is 10.1. The van der Waals surface area contributed by atoms with Crippen molar-refractivity contribution in [2.45, 2.75) is 62.4 Å². The molecule has 0 spiro atoms. The smallest absolute Gasteiger partial charge is 0.237 e. The van der Waals surface area contributed by atoms with Gasteiger partial charge in [-0.25, -0.2) is 0 Å². The van der Waals surface area contributed by atoms with Gasteiger partial charge in [-0.2, -0.15) is 0 Å². The quantitative estimate of drug-likeness (QED) is 0.866. The minimum atomic E-state index is -0.0618. The molecule has 1 aromatic carbocycles. The second-order valence-corrected chi connectivity index (χ2v) is 8.52. The summed E-state index contributed by atoms with van der Waals surface area (Å²) in [5, 5.41) is 6.83. The van der Waals surface area contributed by atoms with Crippen LogP contribution in [0.5, 0.6) is 0 Å². The topological polar surface area (TPSA) is 53.6 Å². The number of ether oxygens (including phenoxy) is 1. The summed E-state index contributed by atoms with van der Waals surface area (Å²) < 4.78 is 6.07. The summed E-state index contributed by atoms with van der Waals surface area (Å²) in [6.07, 6.45) is 6.07. The molecule has 3 aliphatic heterocycles. The molecule has 5 atom stereocenters. The number of morpholine rings is 1. The Hall–Kier alpha value is -1.43. The fourth-order valence-corrected chi connectivity index (χ4v) is 4.96. The van der Waals surface area contributed by atoms with E-state index in [0.29, 0.717) is 18.2 Å². The van der Waals surface area contributed by atoms with Crippen molar-refractivity contribution in [3.63, 3.8) is 0 Å². The Bertz CT molecular complexity index is 648. The zero-order valence-electron chi connectivity index (χ0n) is 15.3. The van der Waals surface area contributed by atoms with E-state index >= 15 is 0 Å². The average Bonchev–Trinajstić information content (AvgIpc) is 3.25. The van der Waals surface area contributed by atoms with Crippen molar-refractivity contribution < 1.29 is 9.53 Å². The summed E-state index contributed by atoms with van der Waals surface area (Å²) in [4.78, 5) is 15.3. The van der Waals surface area contributed by atoms with Crippen LogP contribution in [0.4, 0.5) is 0 Å². The lowest BCUT2D eigenvalue weighted by molar-refractivity contribution is -0.123. The Labute approximate surface area is 155 Å². The Kier molecular flexibility index (Phi) is 4.47. The number of hydrogen-bond donors (Lipinski definition) is 2. The van der Waals surface area contributed by atoms with Crippen molar-refractivity contribution in [2.24, 2.45) is 5.92 Å². The number of hydrogen-bond acceptors (Lipinski definition) is 4. The first-order valence-electron chi connectivity index (χ1n) is 10.2. The van der Waals surface area contributed by atoms with Crippen LogP contribution in [-0.2, 0) is 9.53 Å². The van der Waals surface area contributed by atoms with Crippen molar-refractivity contribution in [1.82, 2.24) is 15.5 Å². The van der Waals surface area contributed by atoms with Gasteiger partial charge in [0.25, 0.3) is 0 Å². The van der Waals surface area contributed by atoms with Gasteiger partial charge >= 0.3 is 0 Å². The Morgan fingerprint density at radius 3 is 2.77 bits per heavy atom. The number of nitrogens with zero attached hydrogens (tertiary/aromatic N) is 1. The van der Waals surface area contributed by atoms with E-state index in [2.05, 4.69) is 39.8 Å². The second-order valence-electron chi connectivity index (χ2n) is 8.52. The van der Waals surface area contributed by atoms with E-state index < -0.39 is 0 Å². The first-order valence-corrected chi connectivity index (χ1v) is 10.2. The molecule has 5 nitrogen and oxygen atoms in total. The van der Waals surface area contributed by atoms with Gasteiger partial charge in [-0.1, -0.05) is 30.3 Å². The largest absolute Gasteiger partial charge is 0.375 e. The summed E-state index contributed by atoms with van der Waals surface area (Å²) in [5.41, 5.74) is 1.28. The number of nitrogens with one attached hydrogen (secondary N) is 2. The number of amides is 1. The van der Waals surface area contributed by atoms with E-state index in [-0.39, 0.29) is 18.0 Å². The SMILES string of the molecule is O=C(N[C@H]1C[C@H]2CO[C@H](C3CC3)CN2C1)[C@H]1CC[C@H](c2ccccc2)N1. The van der Waals surface area contributed by atoms with Crippen LogP contribution in [0.15, 0.2) is 30.3 Å². The van der Waals surface area contributed by atoms with Crippen molar-refractivity contribution in [2.75, 3.05) is 19.7 Å². The molecule has 1 aliphatic carbocycles. The van der Waals surface area contributed by atoms with Gasteiger partial charge in [-0.05, 0) is 43.6 Å². The van der Waals surface area contributed by atoms with E-state index in [9.17, 15) is 4.79 Å². The van der Waals surface area contributed by atoms with Crippen molar-refractivity contribution in [3.05, 3.63) is 35.9 Å². The second kappa shape index (κ2) is 6.95. The molecule has 3 heterocycles. The molecule has 4 aliphatic rings. The zero-order chi connectivity index (χ0) is 17.5. The lowest BCUT2D eigenvalue weighted by Crippen LogP contribution is -2.48. The molecule has 26 heavy (non-hydrogen) atoms. The number of carbonyl (C=O) groups excluding carboxylic acids is 1. The highest BCUT2D eigenvalue weighted by atomic mass is 16.5. The maximum Gasteiger partial charge on any atom is 0.237 e. The van der Waals surface area contributed by atoms with Gasteiger partial charge in [0.2, 0.25) is 5.91 Å². The molecule has 2 N–H and O–H groups in total. The van der Waals surface area contributed by atoms with Crippen LogP contribution in [0.1, 0.15) is 43.7 Å². The van der Waals surface area contributed by atoms with Gasteiger partial charge in [0, 0.05) is 31.2 Å². The van der Waals surface area contributed by atoms with Crippen LogP contribution in [0.3, 0.4) is 0 Å². The van der Waals surface area contributed by atoms with Gasteiger partial charge in [-0.3, -0.25) is 15.0 Å². The van der Waals surface area contributed by atoms with Gasteiger partial charge in [0.1, 0.15) is 0 Å². The number of carbonyl (C=O) groups is 1. The molecule has 0 bridgehead atoms. The van der Waals surface area contributed by atoms with E-state index in [0.717, 1.165) is 44.9 Å². The van der Waals surface area contributed by atoms with Crippen LogP contribution < -0.4 is 10.6 Å². The molecule has 5 heteroatoms. The number of rotatable bonds is 4. The molecule has 0 aromatic heterocycles. The maximum absolute atomic E-state index is 12.7.